The molecule has 0 aliphatic heterocycles. The molecular weight excluding hydrogens is 190 g/mol. The molecule has 15 heavy (non-hydrogen) atoms. The summed E-state index contributed by atoms with van der Waals surface area (Å²) in [6, 6.07) is 0. The van der Waals surface area contributed by atoms with Crippen molar-refractivity contribution in [3.8, 4) is 5.75 Å². The summed E-state index contributed by atoms with van der Waals surface area (Å²) in [6.07, 6.45) is 2.37. The fourth-order valence-corrected chi connectivity index (χ4v) is 2.24. The van der Waals surface area contributed by atoms with E-state index < -0.39 is 6.10 Å². The Labute approximate surface area is 90.1 Å². The molecule has 0 saturated heterocycles. The number of rotatable bonds is 1. The molecule has 1 N–H and O–H groups in total. The van der Waals surface area contributed by atoms with E-state index in [-0.39, 0.29) is 0 Å². The number of hydrogen-bond donors (Lipinski definition) is 1. The molecule has 0 bridgehead atoms. The molecule has 1 aromatic rings. The number of aryl methyl sites for hydroxylation is 1. The molecule has 82 valence electrons. The highest BCUT2D eigenvalue weighted by Gasteiger charge is 2.24. The summed E-state index contributed by atoms with van der Waals surface area (Å²) in [5.74, 6) is 0.913. The van der Waals surface area contributed by atoms with E-state index in [1.807, 2.05) is 13.8 Å². The maximum atomic E-state index is 9.88. The maximum Gasteiger partial charge on any atom is 0.128 e. The normalized spacial score (nSPS) is 19.9. The molecule has 0 saturated carbocycles. The Kier molecular flexibility index (Phi) is 2.65. The topological polar surface area (TPSA) is 42.4 Å². The van der Waals surface area contributed by atoms with Gasteiger partial charge in [0.2, 0.25) is 0 Å². The first-order chi connectivity index (χ1) is 7.15. The van der Waals surface area contributed by atoms with Crippen LogP contribution in [0.4, 0.5) is 0 Å². The van der Waals surface area contributed by atoms with Crippen LogP contribution in [-0.2, 0) is 6.42 Å². The molecule has 1 heterocycles. The number of ether oxygens (including phenoxy) is 1. The van der Waals surface area contributed by atoms with Crippen molar-refractivity contribution in [3.05, 3.63) is 22.5 Å². The molecular formula is C12H17NO2. The van der Waals surface area contributed by atoms with Crippen molar-refractivity contribution < 1.29 is 9.84 Å². The standard InChI is InChI=1S/C12H17NO2/c1-7-8(2)13-11-9(12(7)15-3)5-4-6-10(11)14/h10,14H,4-6H2,1-3H3. The highest BCUT2D eigenvalue weighted by molar-refractivity contribution is 5.46. The van der Waals surface area contributed by atoms with E-state index in [1.165, 1.54) is 0 Å². The van der Waals surface area contributed by atoms with Crippen LogP contribution in [0.5, 0.6) is 5.75 Å². The third kappa shape index (κ3) is 1.61. The number of pyridine rings is 1. The Balaban J connectivity index is 2.63. The van der Waals surface area contributed by atoms with Crippen LogP contribution in [0.25, 0.3) is 0 Å². The summed E-state index contributed by atoms with van der Waals surface area (Å²) in [5.41, 5.74) is 3.96. The third-order valence-electron chi connectivity index (χ3n) is 3.18. The van der Waals surface area contributed by atoms with Gasteiger partial charge in [-0.15, -0.1) is 0 Å². The van der Waals surface area contributed by atoms with E-state index in [4.69, 9.17) is 4.74 Å². The van der Waals surface area contributed by atoms with Gasteiger partial charge in [0.25, 0.3) is 0 Å². The quantitative estimate of drug-likeness (QED) is 0.766. The minimum atomic E-state index is -0.415. The van der Waals surface area contributed by atoms with E-state index in [9.17, 15) is 5.11 Å². The zero-order valence-corrected chi connectivity index (χ0v) is 9.50. The van der Waals surface area contributed by atoms with Gasteiger partial charge in [-0.05, 0) is 33.1 Å². The Morgan fingerprint density at radius 3 is 2.80 bits per heavy atom. The predicted octanol–water partition coefficient (Wildman–Crippen LogP) is 2.08. The van der Waals surface area contributed by atoms with Crippen molar-refractivity contribution in [2.75, 3.05) is 7.11 Å². The van der Waals surface area contributed by atoms with Crippen molar-refractivity contribution in [3.63, 3.8) is 0 Å². The third-order valence-corrected chi connectivity index (χ3v) is 3.18. The van der Waals surface area contributed by atoms with Gasteiger partial charge in [0.1, 0.15) is 5.75 Å². The number of hydrogen-bond acceptors (Lipinski definition) is 3. The van der Waals surface area contributed by atoms with E-state index in [0.717, 1.165) is 47.5 Å². The van der Waals surface area contributed by atoms with Crippen molar-refractivity contribution in [2.24, 2.45) is 0 Å². The molecule has 0 radical (unpaired) electrons. The lowest BCUT2D eigenvalue weighted by Crippen LogP contribution is -2.14. The summed E-state index contributed by atoms with van der Waals surface area (Å²) in [4.78, 5) is 4.47. The molecule has 3 heteroatoms. The van der Waals surface area contributed by atoms with E-state index >= 15 is 0 Å². The average molecular weight is 207 g/mol. The molecule has 0 amide bonds. The first kappa shape index (κ1) is 10.4. The summed E-state index contributed by atoms with van der Waals surface area (Å²) < 4.78 is 5.42. The molecule has 0 spiro atoms. The Hall–Kier alpha value is -1.09. The lowest BCUT2D eigenvalue weighted by Gasteiger charge is -2.24. The largest absolute Gasteiger partial charge is 0.496 e. The number of aliphatic hydroxyl groups is 1. The molecule has 1 aromatic heterocycles. The monoisotopic (exact) mass is 207 g/mol. The minimum absolute atomic E-state index is 0.415. The zero-order valence-electron chi connectivity index (χ0n) is 9.50. The summed E-state index contributed by atoms with van der Waals surface area (Å²) >= 11 is 0. The van der Waals surface area contributed by atoms with Gasteiger partial charge < -0.3 is 9.84 Å². The van der Waals surface area contributed by atoms with Gasteiger partial charge in [0, 0.05) is 16.8 Å². The van der Waals surface area contributed by atoms with Crippen LogP contribution in [-0.4, -0.2) is 17.2 Å². The second kappa shape index (κ2) is 3.81. The molecule has 1 aliphatic rings. The van der Waals surface area contributed by atoms with Crippen LogP contribution in [0.3, 0.4) is 0 Å². The Morgan fingerprint density at radius 1 is 1.40 bits per heavy atom. The highest BCUT2D eigenvalue weighted by atomic mass is 16.5. The van der Waals surface area contributed by atoms with Gasteiger partial charge in [-0.1, -0.05) is 0 Å². The zero-order chi connectivity index (χ0) is 11.0. The minimum Gasteiger partial charge on any atom is -0.496 e. The second-order valence-corrected chi connectivity index (χ2v) is 4.13. The molecule has 1 unspecified atom stereocenters. The average Bonchev–Trinajstić information content (AvgIpc) is 2.22. The molecule has 0 fully saturated rings. The maximum absolute atomic E-state index is 9.88. The van der Waals surface area contributed by atoms with Gasteiger partial charge in [-0.2, -0.15) is 0 Å². The van der Waals surface area contributed by atoms with Crippen LogP contribution >= 0.6 is 0 Å². The highest BCUT2D eigenvalue weighted by Crippen LogP contribution is 2.36. The van der Waals surface area contributed by atoms with E-state index in [1.54, 1.807) is 7.11 Å². The van der Waals surface area contributed by atoms with Crippen molar-refractivity contribution >= 4 is 0 Å². The lowest BCUT2D eigenvalue weighted by molar-refractivity contribution is 0.150. The van der Waals surface area contributed by atoms with Crippen LogP contribution in [0.15, 0.2) is 0 Å². The van der Waals surface area contributed by atoms with Gasteiger partial charge in [0.05, 0.1) is 18.9 Å². The second-order valence-electron chi connectivity index (χ2n) is 4.13. The van der Waals surface area contributed by atoms with Crippen LogP contribution in [0.1, 0.15) is 41.5 Å². The van der Waals surface area contributed by atoms with E-state index in [0.29, 0.717) is 0 Å². The number of fused-ring (bicyclic) bond motifs is 1. The molecule has 3 nitrogen and oxygen atoms in total. The molecule has 1 atom stereocenters. The SMILES string of the molecule is COc1c(C)c(C)nc2c1CCCC2O. The lowest BCUT2D eigenvalue weighted by atomic mass is 9.91. The first-order valence-electron chi connectivity index (χ1n) is 5.37. The van der Waals surface area contributed by atoms with Crippen molar-refractivity contribution in [1.29, 1.82) is 0 Å². The summed E-state index contributed by atoms with van der Waals surface area (Å²) in [7, 11) is 1.68. The van der Waals surface area contributed by atoms with Crippen LogP contribution in [0, 0.1) is 13.8 Å². The van der Waals surface area contributed by atoms with Crippen molar-refractivity contribution in [1.82, 2.24) is 4.98 Å². The molecule has 1 aliphatic carbocycles. The van der Waals surface area contributed by atoms with Crippen molar-refractivity contribution in [2.45, 2.75) is 39.2 Å². The summed E-state index contributed by atoms with van der Waals surface area (Å²) in [6.45, 7) is 3.97. The number of methoxy groups -OCH3 is 1. The molecule has 2 rings (SSSR count). The Bertz CT molecular complexity index is 388. The van der Waals surface area contributed by atoms with Gasteiger partial charge in [0.15, 0.2) is 0 Å². The van der Waals surface area contributed by atoms with Crippen LogP contribution in [0.2, 0.25) is 0 Å². The fraction of sp³-hybridized carbons (Fsp3) is 0.583. The smallest absolute Gasteiger partial charge is 0.128 e. The van der Waals surface area contributed by atoms with E-state index in [2.05, 4.69) is 4.98 Å². The van der Waals surface area contributed by atoms with Gasteiger partial charge in [-0.25, -0.2) is 0 Å². The van der Waals surface area contributed by atoms with Gasteiger partial charge >= 0.3 is 0 Å². The number of nitrogens with zero attached hydrogens (tertiary/aromatic N) is 1. The number of aliphatic hydroxyl groups excluding tert-OH is 1. The van der Waals surface area contributed by atoms with Gasteiger partial charge in [-0.3, -0.25) is 4.98 Å². The number of aromatic nitrogens is 1. The first-order valence-corrected chi connectivity index (χ1v) is 5.37. The Morgan fingerprint density at radius 2 is 2.13 bits per heavy atom. The van der Waals surface area contributed by atoms with Crippen LogP contribution < -0.4 is 4.74 Å². The predicted molar refractivity (Wildman–Crippen MR) is 58.2 cm³/mol. The summed E-state index contributed by atoms with van der Waals surface area (Å²) in [5, 5.41) is 9.88. The fourth-order valence-electron chi connectivity index (χ4n) is 2.24. The molecule has 0 aromatic carbocycles.